The highest BCUT2D eigenvalue weighted by Gasteiger charge is 2.56. The van der Waals surface area contributed by atoms with Gasteiger partial charge in [0.05, 0.1) is 18.6 Å². The number of halogens is 1. The molecule has 3 aromatic rings. The fourth-order valence-corrected chi connectivity index (χ4v) is 5.15. The highest BCUT2D eigenvalue weighted by molar-refractivity contribution is 7.51. The molecule has 5 rings (SSSR count). The number of rotatable bonds is 7. The maximum absolute atomic E-state index is 11.4. The number of nitrogens with one attached hydrogen (secondary N) is 1. The Bertz CT molecular complexity index is 1240. The predicted molar refractivity (Wildman–Crippen MR) is 123 cm³/mol. The van der Waals surface area contributed by atoms with E-state index < -0.39 is 37.9 Å². The van der Waals surface area contributed by atoms with E-state index in [-0.39, 0.29) is 17.9 Å². The van der Waals surface area contributed by atoms with Gasteiger partial charge in [0.2, 0.25) is 5.28 Å². The van der Waals surface area contributed by atoms with E-state index in [4.69, 9.17) is 25.8 Å². The van der Waals surface area contributed by atoms with Gasteiger partial charge in [-0.25, -0.2) is 4.98 Å². The van der Waals surface area contributed by atoms with Gasteiger partial charge in [-0.15, -0.1) is 0 Å². The first-order chi connectivity index (χ1) is 16.1. The average Bonchev–Trinajstić information content (AvgIpc) is 3.41. The molecular formula is C21H25ClN5O6P. The second-order valence-corrected chi connectivity index (χ2v) is 10.9. The molecule has 2 fully saturated rings. The standard InChI is InChI=1S/C21H25ClN5O6P/c1-21(2)32-15-13(8-9-34(28,29)30)31-19(16(15)33-21)27-11-24-14-17(25-20(22)26-18(14)27)23-10-12-6-4-3-5-7-12/h3-7,11,13,15-16,19H,8-10H2,1-2H3,(H,23,25,26)(H2,28,29,30). The van der Waals surface area contributed by atoms with Crippen molar-refractivity contribution >= 4 is 36.2 Å². The summed E-state index contributed by atoms with van der Waals surface area (Å²) in [6.45, 7) is 4.11. The van der Waals surface area contributed by atoms with Crippen LogP contribution in [0.5, 0.6) is 0 Å². The fourth-order valence-electron chi connectivity index (χ4n) is 4.39. The van der Waals surface area contributed by atoms with Crippen molar-refractivity contribution in [3.05, 3.63) is 47.5 Å². The molecule has 2 aliphatic rings. The second kappa shape index (κ2) is 8.83. The minimum atomic E-state index is -4.19. The summed E-state index contributed by atoms with van der Waals surface area (Å²) < 4.78 is 31.5. The van der Waals surface area contributed by atoms with Crippen LogP contribution in [0.15, 0.2) is 36.7 Å². The average molecular weight is 510 g/mol. The Morgan fingerprint density at radius 2 is 1.91 bits per heavy atom. The first-order valence-electron chi connectivity index (χ1n) is 10.8. The lowest BCUT2D eigenvalue weighted by Gasteiger charge is -2.24. The molecule has 0 radical (unpaired) electrons. The molecule has 0 saturated carbocycles. The Labute approximate surface area is 200 Å². The van der Waals surface area contributed by atoms with E-state index in [1.165, 1.54) is 0 Å². The summed E-state index contributed by atoms with van der Waals surface area (Å²) in [5, 5.41) is 3.30. The third-order valence-corrected chi connectivity index (χ3v) is 6.81. The van der Waals surface area contributed by atoms with Crippen molar-refractivity contribution in [3.8, 4) is 0 Å². The van der Waals surface area contributed by atoms with E-state index in [1.807, 2.05) is 30.3 Å². The van der Waals surface area contributed by atoms with E-state index in [0.717, 1.165) is 5.56 Å². The molecule has 4 unspecified atom stereocenters. The third kappa shape index (κ3) is 4.83. The number of nitrogens with zero attached hydrogens (tertiary/aromatic N) is 4. The van der Waals surface area contributed by atoms with Crippen LogP contribution in [-0.4, -0.2) is 59.6 Å². The van der Waals surface area contributed by atoms with Gasteiger partial charge in [0, 0.05) is 6.54 Å². The zero-order valence-electron chi connectivity index (χ0n) is 18.5. The van der Waals surface area contributed by atoms with Gasteiger partial charge in [0.25, 0.3) is 0 Å². The van der Waals surface area contributed by atoms with Crippen LogP contribution in [0.1, 0.15) is 32.1 Å². The van der Waals surface area contributed by atoms with E-state index in [2.05, 4.69) is 20.3 Å². The summed E-state index contributed by atoms with van der Waals surface area (Å²) in [4.78, 5) is 31.8. The summed E-state index contributed by atoms with van der Waals surface area (Å²) in [5.41, 5.74) is 2.03. The number of aromatic nitrogens is 4. The largest absolute Gasteiger partial charge is 0.364 e. The van der Waals surface area contributed by atoms with Crippen LogP contribution in [0.3, 0.4) is 0 Å². The number of anilines is 1. The Kier molecular flexibility index (Phi) is 6.14. The van der Waals surface area contributed by atoms with Gasteiger partial charge >= 0.3 is 7.60 Å². The van der Waals surface area contributed by atoms with Crippen molar-refractivity contribution in [1.29, 1.82) is 0 Å². The van der Waals surface area contributed by atoms with Gasteiger partial charge in [0.15, 0.2) is 29.0 Å². The molecule has 1 aromatic carbocycles. The molecule has 2 saturated heterocycles. The lowest BCUT2D eigenvalue weighted by Crippen LogP contribution is -2.30. The molecule has 4 atom stereocenters. The molecule has 4 heterocycles. The molecule has 0 amide bonds. The maximum atomic E-state index is 11.4. The lowest BCUT2D eigenvalue weighted by atomic mass is 10.1. The van der Waals surface area contributed by atoms with Crippen LogP contribution in [0, 0.1) is 0 Å². The van der Waals surface area contributed by atoms with Crippen LogP contribution < -0.4 is 5.32 Å². The van der Waals surface area contributed by atoms with E-state index in [1.54, 1.807) is 24.7 Å². The Morgan fingerprint density at radius 1 is 1.18 bits per heavy atom. The van der Waals surface area contributed by atoms with Crippen molar-refractivity contribution in [3.63, 3.8) is 0 Å². The number of fused-ring (bicyclic) bond motifs is 2. The van der Waals surface area contributed by atoms with Crippen molar-refractivity contribution < 1.29 is 28.6 Å². The smallest absolute Gasteiger partial charge is 0.325 e. The summed E-state index contributed by atoms with van der Waals surface area (Å²) >= 11 is 6.24. The molecule has 0 aliphatic carbocycles. The highest BCUT2D eigenvalue weighted by atomic mass is 35.5. The minimum Gasteiger partial charge on any atom is -0.364 e. The lowest BCUT2D eigenvalue weighted by molar-refractivity contribution is -0.196. The fraction of sp³-hybridized carbons (Fsp3) is 0.476. The number of hydrogen-bond donors (Lipinski definition) is 3. The number of imidazole rings is 1. The first kappa shape index (κ1) is 23.6. The molecule has 34 heavy (non-hydrogen) atoms. The van der Waals surface area contributed by atoms with Crippen molar-refractivity contribution in [2.45, 2.75) is 57.1 Å². The summed E-state index contributed by atoms with van der Waals surface area (Å²) in [6, 6.07) is 9.85. The molecule has 13 heteroatoms. The maximum Gasteiger partial charge on any atom is 0.325 e. The van der Waals surface area contributed by atoms with Crippen molar-refractivity contribution in [2.24, 2.45) is 0 Å². The van der Waals surface area contributed by atoms with Gasteiger partial charge < -0.3 is 29.3 Å². The number of ether oxygens (including phenoxy) is 3. The van der Waals surface area contributed by atoms with Gasteiger partial charge in [-0.05, 0) is 37.4 Å². The molecule has 11 nitrogen and oxygen atoms in total. The van der Waals surface area contributed by atoms with E-state index in [0.29, 0.717) is 23.5 Å². The van der Waals surface area contributed by atoms with Crippen LogP contribution in [-0.2, 0) is 25.3 Å². The Balaban J connectivity index is 1.45. The van der Waals surface area contributed by atoms with Gasteiger partial charge in [-0.3, -0.25) is 9.13 Å². The normalized spacial score (nSPS) is 26.1. The monoisotopic (exact) mass is 509 g/mol. The predicted octanol–water partition coefficient (Wildman–Crippen LogP) is 3.08. The Morgan fingerprint density at radius 3 is 2.65 bits per heavy atom. The van der Waals surface area contributed by atoms with Crippen molar-refractivity contribution in [2.75, 3.05) is 11.5 Å². The highest BCUT2D eigenvalue weighted by Crippen LogP contribution is 2.46. The van der Waals surface area contributed by atoms with E-state index in [9.17, 15) is 14.4 Å². The quantitative estimate of drug-likeness (QED) is 0.321. The SMILES string of the molecule is CC1(C)OC2C(CCP(=O)(O)O)OC(n3cnc4c(NCc5ccccc5)nc(Cl)nc43)C2O1. The summed E-state index contributed by atoms with van der Waals surface area (Å²) in [7, 11) is -4.19. The number of benzene rings is 1. The summed E-state index contributed by atoms with van der Waals surface area (Å²) in [5.74, 6) is -0.391. The molecule has 0 spiro atoms. The van der Waals surface area contributed by atoms with Crippen LogP contribution in [0.25, 0.3) is 11.2 Å². The minimum absolute atomic E-state index is 0.0429. The molecular weight excluding hydrogens is 485 g/mol. The van der Waals surface area contributed by atoms with Gasteiger partial charge in [-0.2, -0.15) is 9.97 Å². The van der Waals surface area contributed by atoms with Crippen LogP contribution in [0.2, 0.25) is 5.28 Å². The molecule has 2 aliphatic heterocycles. The number of hydrogen-bond acceptors (Lipinski definition) is 8. The molecule has 0 bridgehead atoms. The molecule has 3 N–H and O–H groups in total. The second-order valence-electron chi connectivity index (χ2n) is 8.81. The molecule has 2 aromatic heterocycles. The Hall–Kier alpha value is -2.11. The topological polar surface area (TPSA) is 141 Å². The van der Waals surface area contributed by atoms with E-state index >= 15 is 0 Å². The van der Waals surface area contributed by atoms with Crippen molar-refractivity contribution in [1.82, 2.24) is 19.5 Å². The molecule has 182 valence electrons. The zero-order chi connectivity index (χ0) is 24.1. The first-order valence-corrected chi connectivity index (χ1v) is 13.0. The van der Waals surface area contributed by atoms with Gasteiger partial charge in [-0.1, -0.05) is 30.3 Å². The zero-order valence-corrected chi connectivity index (χ0v) is 20.2. The van der Waals surface area contributed by atoms with Crippen LogP contribution >= 0.6 is 19.2 Å². The third-order valence-electron chi connectivity index (χ3n) is 5.80. The summed E-state index contributed by atoms with van der Waals surface area (Å²) in [6.07, 6.45) is -0.899. The van der Waals surface area contributed by atoms with Gasteiger partial charge in [0.1, 0.15) is 12.2 Å². The van der Waals surface area contributed by atoms with Crippen LogP contribution in [0.4, 0.5) is 5.82 Å².